The fourth-order valence-corrected chi connectivity index (χ4v) is 1.41. The van der Waals surface area contributed by atoms with Crippen LogP contribution in [0.15, 0.2) is 24.3 Å². The molecule has 0 unspecified atom stereocenters. The van der Waals surface area contributed by atoms with Crippen LogP contribution < -0.4 is 5.32 Å². The monoisotopic (exact) mass is 273 g/mol. The fraction of sp³-hybridized carbons (Fsp3) is 0.417. The van der Waals surface area contributed by atoms with Crippen molar-refractivity contribution < 1.29 is 19.4 Å². The van der Waals surface area contributed by atoms with Crippen LogP contribution in [0.3, 0.4) is 0 Å². The smallest absolute Gasteiger partial charge is 0.258 e. The molecular weight excluding hydrogens is 258 g/mol. The third-order valence-corrected chi connectivity index (χ3v) is 2.92. The van der Waals surface area contributed by atoms with Gasteiger partial charge in [-0.3, -0.25) is 4.79 Å². The van der Waals surface area contributed by atoms with E-state index in [-0.39, 0.29) is 0 Å². The lowest BCUT2D eigenvalue weighted by molar-refractivity contribution is -0.241. The molecule has 0 saturated carbocycles. The van der Waals surface area contributed by atoms with Gasteiger partial charge in [0, 0.05) is 24.9 Å². The Balaban J connectivity index is 2.73. The molecule has 100 valence electrons. The second-order valence-corrected chi connectivity index (χ2v) is 4.26. The van der Waals surface area contributed by atoms with Gasteiger partial charge in [-0.05, 0) is 31.2 Å². The predicted octanol–water partition coefficient (Wildman–Crippen LogP) is 1.65. The second-order valence-electron chi connectivity index (χ2n) is 3.82. The first-order valence-corrected chi connectivity index (χ1v) is 5.65. The zero-order valence-corrected chi connectivity index (χ0v) is 11.2. The van der Waals surface area contributed by atoms with Gasteiger partial charge in [0.15, 0.2) is 11.9 Å². The Labute approximate surface area is 111 Å². The number of hydrogen-bond donors (Lipinski definition) is 2. The number of rotatable bonds is 5. The standard InChI is InChI=1S/C12H16ClNO4/c1-12(17-2,18-3)10(15)11(16)14-9-6-4-8(13)5-7-9/h4-7,10,15H,1-3H3,(H,14,16)/t10-/m0/s1. The molecule has 0 aliphatic rings. The molecule has 0 bridgehead atoms. The third-order valence-electron chi connectivity index (χ3n) is 2.67. The van der Waals surface area contributed by atoms with Gasteiger partial charge < -0.3 is 19.9 Å². The van der Waals surface area contributed by atoms with Crippen LogP contribution in [0.25, 0.3) is 0 Å². The predicted molar refractivity (Wildman–Crippen MR) is 68.5 cm³/mol. The number of carbonyl (C=O) groups excluding carboxylic acids is 1. The van der Waals surface area contributed by atoms with Crippen molar-refractivity contribution in [3.63, 3.8) is 0 Å². The Hall–Kier alpha value is -1.14. The average molecular weight is 274 g/mol. The number of benzene rings is 1. The number of halogens is 1. The Morgan fingerprint density at radius 3 is 2.28 bits per heavy atom. The summed E-state index contributed by atoms with van der Waals surface area (Å²) in [5, 5.41) is 13.0. The maximum absolute atomic E-state index is 11.8. The van der Waals surface area contributed by atoms with Crippen LogP contribution >= 0.6 is 11.6 Å². The number of methoxy groups -OCH3 is 2. The van der Waals surface area contributed by atoms with E-state index in [9.17, 15) is 9.90 Å². The van der Waals surface area contributed by atoms with E-state index in [0.717, 1.165) is 0 Å². The second kappa shape index (κ2) is 6.15. The molecule has 0 heterocycles. The molecule has 0 aliphatic heterocycles. The summed E-state index contributed by atoms with van der Waals surface area (Å²) >= 11 is 5.73. The molecule has 1 amide bonds. The van der Waals surface area contributed by atoms with Gasteiger partial charge in [0.1, 0.15) is 0 Å². The van der Waals surface area contributed by atoms with Gasteiger partial charge in [0.25, 0.3) is 5.91 Å². The number of carbonyl (C=O) groups is 1. The first-order valence-electron chi connectivity index (χ1n) is 5.27. The lowest BCUT2D eigenvalue weighted by Gasteiger charge is -2.30. The highest BCUT2D eigenvalue weighted by molar-refractivity contribution is 6.30. The Morgan fingerprint density at radius 2 is 1.83 bits per heavy atom. The molecule has 1 atom stereocenters. The third kappa shape index (κ3) is 3.43. The summed E-state index contributed by atoms with van der Waals surface area (Å²) < 4.78 is 9.95. The number of anilines is 1. The number of hydrogen-bond acceptors (Lipinski definition) is 4. The summed E-state index contributed by atoms with van der Waals surface area (Å²) in [6.07, 6.45) is -1.46. The minimum Gasteiger partial charge on any atom is -0.378 e. The van der Waals surface area contributed by atoms with Crippen molar-refractivity contribution in [2.75, 3.05) is 19.5 Å². The lowest BCUT2D eigenvalue weighted by Crippen LogP contribution is -2.49. The number of aliphatic hydroxyl groups excluding tert-OH is 1. The van der Waals surface area contributed by atoms with Gasteiger partial charge in [-0.15, -0.1) is 0 Å². The number of ether oxygens (including phenoxy) is 2. The number of amides is 1. The summed E-state index contributed by atoms with van der Waals surface area (Å²) in [5.74, 6) is -2.01. The minimum absolute atomic E-state index is 0.526. The molecule has 6 heteroatoms. The Kier molecular flexibility index (Phi) is 5.10. The minimum atomic E-state index is -1.46. The van der Waals surface area contributed by atoms with E-state index in [1.54, 1.807) is 24.3 Å². The van der Waals surface area contributed by atoms with Crippen molar-refractivity contribution in [1.82, 2.24) is 0 Å². The zero-order valence-electron chi connectivity index (χ0n) is 10.4. The van der Waals surface area contributed by atoms with Gasteiger partial charge in [0.05, 0.1) is 0 Å². The average Bonchev–Trinajstić information content (AvgIpc) is 2.39. The molecule has 5 nitrogen and oxygen atoms in total. The Morgan fingerprint density at radius 1 is 1.33 bits per heavy atom. The van der Waals surface area contributed by atoms with Crippen LogP contribution in [0.2, 0.25) is 5.02 Å². The first-order chi connectivity index (χ1) is 8.42. The van der Waals surface area contributed by atoms with Crippen LogP contribution in [0.1, 0.15) is 6.92 Å². The van der Waals surface area contributed by atoms with E-state index < -0.39 is 17.8 Å². The van der Waals surface area contributed by atoms with Crippen molar-refractivity contribution >= 4 is 23.2 Å². The molecule has 18 heavy (non-hydrogen) atoms. The summed E-state index contributed by atoms with van der Waals surface area (Å²) in [6.45, 7) is 1.47. The molecule has 0 radical (unpaired) electrons. The van der Waals surface area contributed by atoms with Crippen molar-refractivity contribution in [1.29, 1.82) is 0 Å². The van der Waals surface area contributed by atoms with Gasteiger partial charge >= 0.3 is 0 Å². The van der Waals surface area contributed by atoms with E-state index in [0.29, 0.717) is 10.7 Å². The molecule has 0 fully saturated rings. The van der Waals surface area contributed by atoms with E-state index in [1.807, 2.05) is 0 Å². The van der Waals surface area contributed by atoms with Gasteiger partial charge in [-0.2, -0.15) is 0 Å². The molecule has 1 aromatic carbocycles. The van der Waals surface area contributed by atoms with Crippen LogP contribution in [-0.4, -0.2) is 37.1 Å². The number of nitrogens with one attached hydrogen (secondary N) is 1. The van der Waals surface area contributed by atoms with E-state index in [1.165, 1.54) is 21.1 Å². The molecule has 0 saturated heterocycles. The van der Waals surface area contributed by atoms with Gasteiger partial charge in [-0.25, -0.2) is 0 Å². The molecule has 1 rings (SSSR count). The normalized spacial score (nSPS) is 13.2. The molecular formula is C12H16ClNO4. The van der Waals surface area contributed by atoms with Crippen LogP contribution in [0.4, 0.5) is 5.69 Å². The highest BCUT2D eigenvalue weighted by atomic mass is 35.5. The molecule has 0 aliphatic carbocycles. The zero-order chi connectivity index (χ0) is 13.8. The molecule has 1 aromatic rings. The van der Waals surface area contributed by atoms with Crippen LogP contribution in [-0.2, 0) is 14.3 Å². The van der Waals surface area contributed by atoms with Crippen molar-refractivity contribution in [2.24, 2.45) is 0 Å². The quantitative estimate of drug-likeness (QED) is 0.801. The maximum atomic E-state index is 11.8. The largest absolute Gasteiger partial charge is 0.378 e. The SMILES string of the molecule is COC(C)(OC)[C@@H](O)C(=O)Nc1ccc(Cl)cc1. The van der Waals surface area contributed by atoms with Crippen LogP contribution in [0.5, 0.6) is 0 Å². The topological polar surface area (TPSA) is 67.8 Å². The van der Waals surface area contributed by atoms with E-state index in [4.69, 9.17) is 21.1 Å². The van der Waals surface area contributed by atoms with Gasteiger partial charge in [0.2, 0.25) is 0 Å². The van der Waals surface area contributed by atoms with E-state index in [2.05, 4.69) is 5.32 Å². The summed E-state index contributed by atoms with van der Waals surface area (Å²) in [4.78, 5) is 11.8. The van der Waals surface area contributed by atoms with Gasteiger partial charge in [-0.1, -0.05) is 11.6 Å². The summed E-state index contributed by atoms with van der Waals surface area (Å²) in [6, 6.07) is 6.53. The lowest BCUT2D eigenvalue weighted by atomic mass is 10.1. The van der Waals surface area contributed by atoms with Crippen molar-refractivity contribution in [2.45, 2.75) is 18.8 Å². The van der Waals surface area contributed by atoms with Crippen molar-refractivity contribution in [3.05, 3.63) is 29.3 Å². The Bertz CT molecular complexity index is 403. The summed E-state index contributed by atoms with van der Waals surface area (Å²) in [7, 11) is 2.70. The van der Waals surface area contributed by atoms with Crippen LogP contribution in [0, 0.1) is 0 Å². The maximum Gasteiger partial charge on any atom is 0.258 e. The molecule has 2 N–H and O–H groups in total. The first kappa shape index (κ1) is 14.9. The highest BCUT2D eigenvalue weighted by Gasteiger charge is 2.38. The highest BCUT2D eigenvalue weighted by Crippen LogP contribution is 2.18. The van der Waals surface area contributed by atoms with E-state index >= 15 is 0 Å². The van der Waals surface area contributed by atoms with Crippen molar-refractivity contribution in [3.8, 4) is 0 Å². The number of aliphatic hydroxyl groups is 1. The molecule has 0 aromatic heterocycles. The fourth-order valence-electron chi connectivity index (χ4n) is 1.29. The molecule has 0 spiro atoms. The summed E-state index contributed by atoms with van der Waals surface area (Å²) in [5.41, 5.74) is 0.526.